The van der Waals surface area contributed by atoms with E-state index in [9.17, 15) is 13.2 Å². The molecule has 2 rings (SSSR count). The van der Waals surface area contributed by atoms with E-state index in [0.717, 1.165) is 6.07 Å². The number of benzene rings is 2. The fourth-order valence-corrected chi connectivity index (χ4v) is 2.41. The van der Waals surface area contributed by atoms with Crippen LogP contribution in [-0.2, 0) is 6.18 Å². The van der Waals surface area contributed by atoms with Crippen LogP contribution in [-0.4, -0.2) is 0 Å². The van der Waals surface area contributed by atoms with E-state index in [0.29, 0.717) is 10.7 Å². The molecule has 6 heteroatoms. The quantitative estimate of drug-likeness (QED) is 0.706. The maximum atomic E-state index is 13.0. The first-order valence-electron chi connectivity index (χ1n) is 6.17. The van der Waals surface area contributed by atoms with Gasteiger partial charge in [0.2, 0.25) is 0 Å². The molecule has 0 spiro atoms. The van der Waals surface area contributed by atoms with Gasteiger partial charge >= 0.3 is 6.18 Å². The third-order valence-electron chi connectivity index (χ3n) is 3.06. The standard InChI is InChI=1S/C15H12Cl2F3N/c1-9(21-13-8-4-7-12(16)14(13)17)10-5-2-3-6-11(10)15(18,19)20/h2-9,21H,1H3. The Morgan fingerprint density at radius 3 is 2.33 bits per heavy atom. The van der Waals surface area contributed by atoms with Gasteiger partial charge in [-0.25, -0.2) is 0 Å². The minimum absolute atomic E-state index is 0.154. The van der Waals surface area contributed by atoms with E-state index >= 15 is 0 Å². The number of halogens is 5. The molecular formula is C15H12Cl2F3N. The van der Waals surface area contributed by atoms with Crippen molar-refractivity contribution in [1.29, 1.82) is 0 Å². The van der Waals surface area contributed by atoms with Gasteiger partial charge in [-0.2, -0.15) is 13.2 Å². The number of rotatable bonds is 3. The second kappa shape index (κ2) is 6.16. The van der Waals surface area contributed by atoms with E-state index in [4.69, 9.17) is 23.2 Å². The summed E-state index contributed by atoms with van der Waals surface area (Å²) < 4.78 is 39.0. The van der Waals surface area contributed by atoms with Gasteiger partial charge in [-0.3, -0.25) is 0 Å². The molecule has 0 fully saturated rings. The summed E-state index contributed by atoms with van der Waals surface area (Å²) in [6.45, 7) is 1.64. The fourth-order valence-electron chi connectivity index (χ4n) is 2.06. The maximum absolute atomic E-state index is 13.0. The van der Waals surface area contributed by atoms with Crippen LogP contribution in [0.1, 0.15) is 24.1 Å². The summed E-state index contributed by atoms with van der Waals surface area (Å²) in [6.07, 6.45) is -4.40. The Kier molecular flexibility index (Phi) is 4.69. The fraction of sp³-hybridized carbons (Fsp3) is 0.200. The molecule has 0 aliphatic carbocycles. The van der Waals surface area contributed by atoms with Crippen molar-refractivity contribution in [3.63, 3.8) is 0 Å². The summed E-state index contributed by atoms with van der Waals surface area (Å²) in [5.41, 5.74) is -0.0159. The summed E-state index contributed by atoms with van der Waals surface area (Å²) in [5, 5.41) is 3.60. The van der Waals surface area contributed by atoms with Crippen LogP contribution in [0.4, 0.5) is 18.9 Å². The van der Waals surface area contributed by atoms with Crippen LogP contribution in [0, 0.1) is 0 Å². The van der Waals surface area contributed by atoms with Crippen molar-refractivity contribution in [3.8, 4) is 0 Å². The average Bonchev–Trinajstić information content (AvgIpc) is 2.43. The lowest BCUT2D eigenvalue weighted by atomic mass is 10.0. The van der Waals surface area contributed by atoms with E-state index in [-0.39, 0.29) is 10.6 Å². The van der Waals surface area contributed by atoms with Crippen LogP contribution in [0.15, 0.2) is 42.5 Å². The third-order valence-corrected chi connectivity index (χ3v) is 3.88. The second-order valence-electron chi connectivity index (χ2n) is 4.55. The minimum atomic E-state index is -4.40. The van der Waals surface area contributed by atoms with E-state index in [1.54, 1.807) is 31.2 Å². The molecule has 21 heavy (non-hydrogen) atoms. The zero-order valence-corrected chi connectivity index (χ0v) is 12.5. The Morgan fingerprint density at radius 1 is 1.00 bits per heavy atom. The molecule has 0 amide bonds. The Bertz CT molecular complexity index is 641. The van der Waals surface area contributed by atoms with E-state index < -0.39 is 17.8 Å². The lowest BCUT2D eigenvalue weighted by molar-refractivity contribution is -0.138. The van der Waals surface area contributed by atoms with Gasteiger partial charge in [0.15, 0.2) is 0 Å². The van der Waals surface area contributed by atoms with Gasteiger partial charge in [0.1, 0.15) is 0 Å². The largest absolute Gasteiger partial charge is 0.416 e. The van der Waals surface area contributed by atoms with E-state index in [1.807, 2.05) is 0 Å². The lowest BCUT2D eigenvalue weighted by Gasteiger charge is -2.21. The molecule has 1 atom stereocenters. The van der Waals surface area contributed by atoms with Crippen molar-refractivity contribution < 1.29 is 13.2 Å². The van der Waals surface area contributed by atoms with Gasteiger partial charge in [-0.15, -0.1) is 0 Å². The van der Waals surface area contributed by atoms with Gasteiger partial charge in [0.25, 0.3) is 0 Å². The number of alkyl halides is 3. The zero-order valence-electron chi connectivity index (χ0n) is 11.0. The summed E-state index contributed by atoms with van der Waals surface area (Å²) >= 11 is 11.9. The van der Waals surface area contributed by atoms with Crippen LogP contribution in [0.5, 0.6) is 0 Å². The first-order valence-corrected chi connectivity index (χ1v) is 6.93. The van der Waals surface area contributed by atoms with Crippen molar-refractivity contribution in [1.82, 2.24) is 0 Å². The molecule has 2 aromatic rings. The highest BCUT2D eigenvalue weighted by atomic mass is 35.5. The van der Waals surface area contributed by atoms with Crippen molar-refractivity contribution in [2.75, 3.05) is 5.32 Å². The molecule has 1 nitrogen and oxygen atoms in total. The van der Waals surface area contributed by atoms with Gasteiger partial charge in [-0.05, 0) is 30.7 Å². The van der Waals surface area contributed by atoms with Crippen molar-refractivity contribution in [3.05, 3.63) is 63.6 Å². The Labute approximate surface area is 130 Å². The Hall–Kier alpha value is -1.39. The topological polar surface area (TPSA) is 12.0 Å². The van der Waals surface area contributed by atoms with Crippen LogP contribution in [0.3, 0.4) is 0 Å². The SMILES string of the molecule is CC(Nc1cccc(Cl)c1Cl)c1ccccc1C(F)(F)F. The van der Waals surface area contributed by atoms with Gasteiger partial charge < -0.3 is 5.32 Å². The summed E-state index contributed by atoms with van der Waals surface area (Å²) in [5.74, 6) is 0. The van der Waals surface area contributed by atoms with Gasteiger partial charge in [0.05, 0.1) is 21.3 Å². The number of hydrogen-bond acceptors (Lipinski definition) is 1. The molecule has 0 aliphatic heterocycles. The second-order valence-corrected chi connectivity index (χ2v) is 5.34. The molecule has 0 aliphatic rings. The third kappa shape index (κ3) is 3.63. The maximum Gasteiger partial charge on any atom is 0.416 e. The monoisotopic (exact) mass is 333 g/mol. The molecule has 112 valence electrons. The predicted molar refractivity (Wildman–Crippen MR) is 79.9 cm³/mol. The highest BCUT2D eigenvalue weighted by molar-refractivity contribution is 6.43. The van der Waals surface area contributed by atoms with Gasteiger partial charge in [0, 0.05) is 6.04 Å². The molecule has 0 bridgehead atoms. The average molecular weight is 334 g/mol. The molecule has 0 heterocycles. The summed E-state index contributed by atoms with van der Waals surface area (Å²) in [4.78, 5) is 0. The zero-order chi connectivity index (χ0) is 15.6. The Balaban J connectivity index is 2.33. The summed E-state index contributed by atoms with van der Waals surface area (Å²) in [7, 11) is 0. The van der Waals surface area contributed by atoms with Crippen LogP contribution in [0.2, 0.25) is 10.0 Å². The molecule has 1 unspecified atom stereocenters. The molecule has 0 aromatic heterocycles. The molecule has 0 saturated carbocycles. The van der Waals surface area contributed by atoms with Crippen molar-refractivity contribution >= 4 is 28.9 Å². The first kappa shape index (κ1) is 16.0. The highest BCUT2D eigenvalue weighted by Gasteiger charge is 2.34. The number of nitrogens with one attached hydrogen (secondary N) is 1. The van der Waals surface area contributed by atoms with Crippen molar-refractivity contribution in [2.45, 2.75) is 19.1 Å². The van der Waals surface area contributed by atoms with Crippen LogP contribution in [0.25, 0.3) is 0 Å². The van der Waals surface area contributed by atoms with Crippen LogP contribution >= 0.6 is 23.2 Å². The van der Waals surface area contributed by atoms with E-state index in [1.165, 1.54) is 12.1 Å². The number of hydrogen-bond donors (Lipinski definition) is 1. The van der Waals surface area contributed by atoms with Gasteiger partial charge in [-0.1, -0.05) is 47.5 Å². The van der Waals surface area contributed by atoms with E-state index in [2.05, 4.69) is 5.32 Å². The highest BCUT2D eigenvalue weighted by Crippen LogP contribution is 2.37. The molecule has 0 saturated heterocycles. The normalized spacial score (nSPS) is 13.0. The molecular weight excluding hydrogens is 322 g/mol. The minimum Gasteiger partial charge on any atom is -0.377 e. The van der Waals surface area contributed by atoms with Crippen LogP contribution < -0.4 is 5.32 Å². The molecule has 2 aromatic carbocycles. The summed E-state index contributed by atoms with van der Waals surface area (Å²) in [6, 6.07) is 9.84. The smallest absolute Gasteiger partial charge is 0.377 e. The predicted octanol–water partition coefficient (Wildman–Crippen LogP) is 6.19. The number of anilines is 1. The molecule has 0 radical (unpaired) electrons. The Morgan fingerprint density at radius 2 is 1.67 bits per heavy atom. The van der Waals surface area contributed by atoms with Crippen molar-refractivity contribution in [2.24, 2.45) is 0 Å². The first-order chi connectivity index (χ1) is 9.80. The molecule has 1 N–H and O–H groups in total. The lowest BCUT2D eigenvalue weighted by Crippen LogP contribution is -2.15.